The predicted molar refractivity (Wildman–Crippen MR) is 49.9 cm³/mol. The maximum atomic E-state index is 5.51. The minimum Gasteiger partial charge on any atom is -0.384 e. The van der Waals surface area contributed by atoms with Gasteiger partial charge in [0.2, 0.25) is 0 Å². The van der Waals surface area contributed by atoms with Crippen LogP contribution in [0.3, 0.4) is 0 Å². The van der Waals surface area contributed by atoms with Gasteiger partial charge in [0.25, 0.3) is 0 Å². The quantitative estimate of drug-likeness (QED) is 0.688. The maximum Gasteiger partial charge on any atom is 0.123 e. The average Bonchev–Trinajstić information content (AvgIpc) is 2.58. The van der Waals surface area contributed by atoms with Crippen LogP contribution in [0.1, 0.15) is 37.2 Å². The number of hydrogen-bond donors (Lipinski definition) is 1. The van der Waals surface area contributed by atoms with Crippen molar-refractivity contribution in [3.8, 4) is 0 Å². The van der Waals surface area contributed by atoms with Crippen LogP contribution in [0.2, 0.25) is 0 Å². The molecular formula is C10H14N2. The van der Waals surface area contributed by atoms with Gasteiger partial charge in [0.1, 0.15) is 5.82 Å². The van der Waals surface area contributed by atoms with Gasteiger partial charge in [0.15, 0.2) is 0 Å². The molecule has 1 heterocycles. The van der Waals surface area contributed by atoms with E-state index >= 15 is 0 Å². The van der Waals surface area contributed by atoms with E-state index in [1.54, 1.807) is 0 Å². The Bertz CT molecular complexity index is 247. The molecule has 1 aromatic heterocycles. The zero-order chi connectivity index (χ0) is 8.39. The Morgan fingerprint density at radius 3 is 2.58 bits per heavy atom. The van der Waals surface area contributed by atoms with Crippen molar-refractivity contribution in [1.82, 2.24) is 4.98 Å². The van der Waals surface area contributed by atoms with Crippen LogP contribution in [0.5, 0.6) is 0 Å². The molecule has 1 saturated carbocycles. The molecule has 0 bridgehead atoms. The predicted octanol–water partition coefficient (Wildman–Crippen LogP) is 2.32. The topological polar surface area (TPSA) is 38.9 Å². The van der Waals surface area contributed by atoms with E-state index in [4.69, 9.17) is 5.73 Å². The summed E-state index contributed by atoms with van der Waals surface area (Å²) in [4.78, 5) is 4.10. The summed E-state index contributed by atoms with van der Waals surface area (Å²) in [5, 5.41) is 0. The van der Waals surface area contributed by atoms with E-state index in [0.717, 1.165) is 5.92 Å². The van der Waals surface area contributed by atoms with Crippen molar-refractivity contribution in [1.29, 1.82) is 0 Å². The number of nitrogens with two attached hydrogens (primary N) is 1. The summed E-state index contributed by atoms with van der Waals surface area (Å²) in [7, 11) is 0. The molecule has 0 aliphatic heterocycles. The Kier molecular flexibility index (Phi) is 1.98. The van der Waals surface area contributed by atoms with E-state index in [-0.39, 0.29) is 0 Å². The van der Waals surface area contributed by atoms with Gasteiger partial charge in [-0.05, 0) is 30.4 Å². The number of nitrogens with zero attached hydrogens (tertiary/aromatic N) is 1. The number of aromatic nitrogens is 1. The first-order valence-corrected chi connectivity index (χ1v) is 4.58. The molecule has 1 fully saturated rings. The van der Waals surface area contributed by atoms with Gasteiger partial charge in [-0.25, -0.2) is 4.98 Å². The van der Waals surface area contributed by atoms with Crippen molar-refractivity contribution in [2.75, 3.05) is 5.73 Å². The summed E-state index contributed by atoms with van der Waals surface area (Å²) in [6.45, 7) is 0. The highest BCUT2D eigenvalue weighted by molar-refractivity contribution is 5.30. The lowest BCUT2D eigenvalue weighted by atomic mass is 10.00. The second-order valence-corrected chi connectivity index (χ2v) is 3.50. The van der Waals surface area contributed by atoms with E-state index in [1.165, 1.54) is 31.2 Å². The second kappa shape index (κ2) is 3.13. The van der Waals surface area contributed by atoms with Crippen LogP contribution in [-0.4, -0.2) is 4.98 Å². The zero-order valence-corrected chi connectivity index (χ0v) is 7.16. The first kappa shape index (κ1) is 7.59. The lowest BCUT2D eigenvalue weighted by Crippen LogP contribution is -1.95. The average molecular weight is 162 g/mol. The molecule has 0 spiro atoms. The molecule has 1 aliphatic carbocycles. The van der Waals surface area contributed by atoms with Crippen molar-refractivity contribution in [2.24, 2.45) is 0 Å². The van der Waals surface area contributed by atoms with Crippen LogP contribution in [0.4, 0.5) is 5.82 Å². The Labute approximate surface area is 72.8 Å². The SMILES string of the molecule is Nc1ccc(C2CCCC2)cn1. The van der Waals surface area contributed by atoms with Crippen LogP contribution in [0, 0.1) is 0 Å². The summed E-state index contributed by atoms with van der Waals surface area (Å²) in [6, 6.07) is 4.01. The highest BCUT2D eigenvalue weighted by atomic mass is 14.8. The van der Waals surface area contributed by atoms with Gasteiger partial charge < -0.3 is 5.73 Å². The fraction of sp³-hybridized carbons (Fsp3) is 0.500. The molecule has 0 saturated heterocycles. The molecule has 0 aromatic carbocycles. The van der Waals surface area contributed by atoms with Crippen molar-refractivity contribution in [3.63, 3.8) is 0 Å². The number of rotatable bonds is 1. The molecule has 0 amide bonds. The second-order valence-electron chi connectivity index (χ2n) is 3.50. The van der Waals surface area contributed by atoms with Crippen LogP contribution in [0.15, 0.2) is 18.3 Å². The summed E-state index contributed by atoms with van der Waals surface area (Å²) < 4.78 is 0. The van der Waals surface area contributed by atoms with Gasteiger partial charge in [-0.2, -0.15) is 0 Å². The molecule has 2 rings (SSSR count). The number of nitrogen functional groups attached to an aromatic ring is 1. The van der Waals surface area contributed by atoms with Crippen molar-refractivity contribution >= 4 is 5.82 Å². The molecule has 1 aliphatic rings. The molecule has 64 valence electrons. The van der Waals surface area contributed by atoms with Gasteiger partial charge in [-0.1, -0.05) is 18.9 Å². The number of hydrogen-bond acceptors (Lipinski definition) is 2. The Morgan fingerprint density at radius 1 is 1.25 bits per heavy atom. The van der Waals surface area contributed by atoms with Crippen LogP contribution in [0.25, 0.3) is 0 Å². The van der Waals surface area contributed by atoms with Crippen LogP contribution >= 0.6 is 0 Å². The molecule has 2 N–H and O–H groups in total. The largest absolute Gasteiger partial charge is 0.384 e. The van der Waals surface area contributed by atoms with Crippen molar-refractivity contribution in [3.05, 3.63) is 23.9 Å². The summed E-state index contributed by atoms with van der Waals surface area (Å²) in [6.07, 6.45) is 7.31. The lowest BCUT2D eigenvalue weighted by molar-refractivity contribution is 0.720. The van der Waals surface area contributed by atoms with Gasteiger partial charge in [-0.15, -0.1) is 0 Å². The molecule has 0 unspecified atom stereocenters. The summed E-state index contributed by atoms with van der Waals surface area (Å²) in [5.41, 5.74) is 6.88. The van der Waals surface area contributed by atoms with Crippen LogP contribution in [-0.2, 0) is 0 Å². The Morgan fingerprint density at radius 2 is 2.00 bits per heavy atom. The third-order valence-corrected chi connectivity index (χ3v) is 2.64. The molecule has 12 heavy (non-hydrogen) atoms. The van der Waals surface area contributed by atoms with E-state index in [1.807, 2.05) is 12.3 Å². The molecular weight excluding hydrogens is 148 g/mol. The van der Waals surface area contributed by atoms with Gasteiger partial charge in [-0.3, -0.25) is 0 Å². The molecule has 1 aromatic rings. The van der Waals surface area contributed by atoms with E-state index in [2.05, 4.69) is 11.1 Å². The smallest absolute Gasteiger partial charge is 0.123 e. The third kappa shape index (κ3) is 1.42. The fourth-order valence-electron chi connectivity index (χ4n) is 1.92. The van der Waals surface area contributed by atoms with Crippen molar-refractivity contribution < 1.29 is 0 Å². The fourth-order valence-corrected chi connectivity index (χ4v) is 1.92. The zero-order valence-electron chi connectivity index (χ0n) is 7.16. The molecule has 2 nitrogen and oxygen atoms in total. The minimum atomic E-state index is 0.622. The van der Waals surface area contributed by atoms with Gasteiger partial charge >= 0.3 is 0 Å². The van der Waals surface area contributed by atoms with Gasteiger partial charge in [0, 0.05) is 6.20 Å². The van der Waals surface area contributed by atoms with E-state index in [0.29, 0.717) is 5.82 Å². The summed E-state index contributed by atoms with van der Waals surface area (Å²) in [5.74, 6) is 1.37. The highest BCUT2D eigenvalue weighted by Gasteiger charge is 2.16. The Hall–Kier alpha value is -1.05. The maximum absolute atomic E-state index is 5.51. The molecule has 0 radical (unpaired) electrons. The first-order valence-electron chi connectivity index (χ1n) is 4.58. The van der Waals surface area contributed by atoms with Gasteiger partial charge in [0.05, 0.1) is 0 Å². The highest BCUT2D eigenvalue weighted by Crippen LogP contribution is 2.33. The monoisotopic (exact) mass is 162 g/mol. The van der Waals surface area contributed by atoms with Crippen LogP contribution < -0.4 is 5.73 Å². The van der Waals surface area contributed by atoms with E-state index < -0.39 is 0 Å². The minimum absolute atomic E-state index is 0.622. The molecule has 0 atom stereocenters. The first-order chi connectivity index (χ1) is 5.86. The normalized spacial score (nSPS) is 18.3. The Balaban J connectivity index is 2.17. The van der Waals surface area contributed by atoms with Crippen molar-refractivity contribution in [2.45, 2.75) is 31.6 Å². The number of anilines is 1. The molecule has 2 heteroatoms. The summed E-state index contributed by atoms with van der Waals surface area (Å²) >= 11 is 0. The third-order valence-electron chi connectivity index (χ3n) is 2.64. The lowest BCUT2D eigenvalue weighted by Gasteiger charge is -2.07. The van der Waals surface area contributed by atoms with E-state index in [9.17, 15) is 0 Å². The number of pyridine rings is 1. The standard InChI is InChI=1S/C10H14N2/c11-10-6-5-9(7-12-10)8-3-1-2-4-8/h5-8H,1-4H2,(H2,11,12).